The molecule has 0 aromatic carbocycles. The molecule has 5 heteroatoms. The van der Waals surface area contributed by atoms with Crippen molar-refractivity contribution in [1.29, 1.82) is 0 Å². The number of nitrogens with zero attached hydrogens (tertiary/aromatic N) is 1. The molecule has 1 saturated heterocycles. The van der Waals surface area contributed by atoms with Crippen molar-refractivity contribution in [3.8, 4) is 0 Å². The van der Waals surface area contributed by atoms with Crippen molar-refractivity contribution in [2.45, 2.75) is 18.9 Å². The second-order valence-electron chi connectivity index (χ2n) is 3.28. The van der Waals surface area contributed by atoms with Gasteiger partial charge in [-0.15, -0.1) is 0 Å². The molecule has 14 heavy (non-hydrogen) atoms. The summed E-state index contributed by atoms with van der Waals surface area (Å²) in [6, 6.07) is -0.0763. The van der Waals surface area contributed by atoms with E-state index in [0.717, 1.165) is 13.0 Å². The molecule has 1 rings (SSSR count). The SMILES string of the molecule is CNC1CCN(CCC(=O)OC)C1=O. The van der Waals surface area contributed by atoms with E-state index in [-0.39, 0.29) is 24.3 Å². The zero-order chi connectivity index (χ0) is 10.6. The summed E-state index contributed by atoms with van der Waals surface area (Å²) in [7, 11) is 3.12. The van der Waals surface area contributed by atoms with Crippen molar-refractivity contribution in [2.24, 2.45) is 0 Å². The highest BCUT2D eigenvalue weighted by Crippen LogP contribution is 2.10. The Morgan fingerprint density at radius 2 is 2.43 bits per heavy atom. The standard InChI is InChI=1S/C9H16N2O3/c1-10-7-3-5-11(9(7)13)6-4-8(12)14-2/h7,10H,3-6H2,1-2H3. The minimum absolute atomic E-state index is 0.0763. The smallest absolute Gasteiger partial charge is 0.307 e. The van der Waals surface area contributed by atoms with Gasteiger partial charge in [0.15, 0.2) is 0 Å². The number of ether oxygens (including phenoxy) is 1. The normalized spacial score (nSPS) is 21.4. The molecule has 80 valence electrons. The fraction of sp³-hybridized carbons (Fsp3) is 0.778. The van der Waals surface area contributed by atoms with Gasteiger partial charge in [-0.2, -0.15) is 0 Å². The molecule has 1 N–H and O–H groups in total. The molecular weight excluding hydrogens is 184 g/mol. The van der Waals surface area contributed by atoms with E-state index in [1.807, 2.05) is 0 Å². The maximum absolute atomic E-state index is 11.5. The van der Waals surface area contributed by atoms with Crippen LogP contribution in [-0.2, 0) is 14.3 Å². The Labute approximate surface area is 83.4 Å². The number of hydrogen-bond acceptors (Lipinski definition) is 4. The van der Waals surface area contributed by atoms with Crippen LogP contribution in [0.5, 0.6) is 0 Å². The quantitative estimate of drug-likeness (QED) is 0.614. The first-order valence-electron chi connectivity index (χ1n) is 4.72. The van der Waals surface area contributed by atoms with E-state index in [1.54, 1.807) is 11.9 Å². The highest BCUT2D eigenvalue weighted by molar-refractivity contribution is 5.84. The van der Waals surface area contributed by atoms with Gasteiger partial charge in [0.1, 0.15) is 0 Å². The number of likely N-dealkylation sites (tertiary alicyclic amines) is 1. The van der Waals surface area contributed by atoms with Crippen molar-refractivity contribution in [3.05, 3.63) is 0 Å². The molecule has 0 spiro atoms. The third-order valence-corrected chi connectivity index (χ3v) is 2.46. The molecule has 1 atom stereocenters. The lowest BCUT2D eigenvalue weighted by Crippen LogP contribution is -2.37. The Balaban J connectivity index is 2.33. The van der Waals surface area contributed by atoms with Crippen LogP contribution in [0.25, 0.3) is 0 Å². The van der Waals surface area contributed by atoms with E-state index >= 15 is 0 Å². The van der Waals surface area contributed by atoms with Crippen LogP contribution < -0.4 is 5.32 Å². The molecule has 0 bridgehead atoms. The van der Waals surface area contributed by atoms with Gasteiger partial charge in [-0.1, -0.05) is 0 Å². The predicted molar refractivity (Wildman–Crippen MR) is 50.7 cm³/mol. The Morgan fingerprint density at radius 3 is 2.93 bits per heavy atom. The number of esters is 1. The van der Waals surface area contributed by atoms with E-state index in [2.05, 4.69) is 10.1 Å². The number of nitrogens with one attached hydrogen (secondary N) is 1. The molecule has 5 nitrogen and oxygen atoms in total. The minimum atomic E-state index is -0.272. The highest BCUT2D eigenvalue weighted by Gasteiger charge is 2.30. The summed E-state index contributed by atoms with van der Waals surface area (Å²) >= 11 is 0. The van der Waals surface area contributed by atoms with Crippen LogP contribution in [0.2, 0.25) is 0 Å². The lowest BCUT2D eigenvalue weighted by atomic mass is 10.3. The topological polar surface area (TPSA) is 58.6 Å². The predicted octanol–water partition coefficient (Wildman–Crippen LogP) is -0.630. The lowest BCUT2D eigenvalue weighted by Gasteiger charge is -2.15. The highest BCUT2D eigenvalue weighted by atomic mass is 16.5. The van der Waals surface area contributed by atoms with E-state index in [1.165, 1.54) is 7.11 Å². The first-order chi connectivity index (χ1) is 6.69. The number of carbonyl (C=O) groups is 2. The summed E-state index contributed by atoms with van der Waals surface area (Å²) < 4.78 is 4.51. The van der Waals surface area contributed by atoms with Gasteiger partial charge in [-0.3, -0.25) is 9.59 Å². The number of hydrogen-bond donors (Lipinski definition) is 1. The molecule has 1 amide bonds. The van der Waals surface area contributed by atoms with Gasteiger partial charge in [0, 0.05) is 13.1 Å². The number of likely N-dealkylation sites (N-methyl/N-ethyl adjacent to an activating group) is 1. The van der Waals surface area contributed by atoms with E-state index in [9.17, 15) is 9.59 Å². The number of carbonyl (C=O) groups excluding carboxylic acids is 2. The molecule has 0 aliphatic carbocycles. The van der Waals surface area contributed by atoms with Crippen molar-refractivity contribution in [2.75, 3.05) is 27.2 Å². The fourth-order valence-corrected chi connectivity index (χ4v) is 1.56. The van der Waals surface area contributed by atoms with Crippen LogP contribution in [0, 0.1) is 0 Å². The van der Waals surface area contributed by atoms with Gasteiger partial charge in [0.05, 0.1) is 19.6 Å². The van der Waals surface area contributed by atoms with Gasteiger partial charge in [-0.25, -0.2) is 0 Å². The van der Waals surface area contributed by atoms with Crippen molar-refractivity contribution < 1.29 is 14.3 Å². The summed E-state index contributed by atoms with van der Waals surface area (Å²) in [6.07, 6.45) is 1.09. The summed E-state index contributed by atoms with van der Waals surface area (Å²) in [6.45, 7) is 1.19. The third kappa shape index (κ3) is 2.45. The number of rotatable bonds is 4. The second kappa shape index (κ2) is 4.95. The molecule has 0 aromatic heterocycles. The molecular formula is C9H16N2O3. The first kappa shape index (κ1) is 11.0. The van der Waals surface area contributed by atoms with E-state index in [4.69, 9.17) is 0 Å². The molecule has 1 fully saturated rings. The Kier molecular flexibility index (Phi) is 3.88. The van der Waals surface area contributed by atoms with Gasteiger partial charge in [-0.05, 0) is 13.5 Å². The molecule has 0 aromatic rings. The third-order valence-electron chi connectivity index (χ3n) is 2.46. The first-order valence-corrected chi connectivity index (χ1v) is 4.72. The van der Waals surface area contributed by atoms with Gasteiger partial charge < -0.3 is 15.0 Å². The fourth-order valence-electron chi connectivity index (χ4n) is 1.56. The number of methoxy groups -OCH3 is 1. The molecule has 1 aliphatic heterocycles. The van der Waals surface area contributed by atoms with Crippen LogP contribution in [-0.4, -0.2) is 50.1 Å². The Hall–Kier alpha value is -1.10. The maximum atomic E-state index is 11.5. The average Bonchev–Trinajstić information content (AvgIpc) is 2.56. The number of amides is 1. The van der Waals surface area contributed by atoms with E-state index in [0.29, 0.717) is 6.54 Å². The molecule has 1 heterocycles. The maximum Gasteiger partial charge on any atom is 0.307 e. The largest absolute Gasteiger partial charge is 0.469 e. The van der Waals surface area contributed by atoms with Gasteiger partial charge in [0.25, 0.3) is 0 Å². The van der Waals surface area contributed by atoms with Crippen molar-refractivity contribution in [1.82, 2.24) is 10.2 Å². The molecule has 0 radical (unpaired) electrons. The van der Waals surface area contributed by atoms with Crippen molar-refractivity contribution >= 4 is 11.9 Å². The van der Waals surface area contributed by atoms with Gasteiger partial charge >= 0.3 is 5.97 Å². The molecule has 1 aliphatic rings. The molecule has 0 saturated carbocycles. The summed E-state index contributed by atoms with van der Waals surface area (Å²) in [5.41, 5.74) is 0. The summed E-state index contributed by atoms with van der Waals surface area (Å²) in [5, 5.41) is 2.94. The van der Waals surface area contributed by atoms with Crippen LogP contribution in [0.3, 0.4) is 0 Å². The summed E-state index contributed by atoms with van der Waals surface area (Å²) in [4.78, 5) is 24.1. The van der Waals surface area contributed by atoms with Gasteiger partial charge in [0.2, 0.25) is 5.91 Å². The van der Waals surface area contributed by atoms with Crippen LogP contribution in [0.4, 0.5) is 0 Å². The zero-order valence-electron chi connectivity index (χ0n) is 8.58. The molecule has 1 unspecified atom stereocenters. The minimum Gasteiger partial charge on any atom is -0.469 e. The monoisotopic (exact) mass is 200 g/mol. The lowest BCUT2D eigenvalue weighted by molar-refractivity contribution is -0.141. The van der Waals surface area contributed by atoms with Crippen molar-refractivity contribution in [3.63, 3.8) is 0 Å². The Bertz CT molecular complexity index is 230. The average molecular weight is 200 g/mol. The second-order valence-corrected chi connectivity index (χ2v) is 3.28. The van der Waals surface area contributed by atoms with Crippen LogP contribution in [0.15, 0.2) is 0 Å². The zero-order valence-corrected chi connectivity index (χ0v) is 8.58. The van der Waals surface area contributed by atoms with E-state index < -0.39 is 0 Å². The summed E-state index contributed by atoms with van der Waals surface area (Å²) in [5.74, 6) is -0.192. The van der Waals surface area contributed by atoms with Crippen LogP contribution in [0.1, 0.15) is 12.8 Å². The Morgan fingerprint density at radius 1 is 1.71 bits per heavy atom. The van der Waals surface area contributed by atoms with Crippen LogP contribution >= 0.6 is 0 Å².